The van der Waals surface area contributed by atoms with Crippen LogP contribution in [0.2, 0.25) is 0 Å². The zero-order valence-corrected chi connectivity index (χ0v) is 12.8. The molecule has 5 heteroatoms. The molecular weight excluding hydrogens is 256 g/mol. The van der Waals surface area contributed by atoms with Crippen LogP contribution in [-0.2, 0) is 11.3 Å². The van der Waals surface area contributed by atoms with Crippen LogP contribution in [0.3, 0.4) is 0 Å². The van der Waals surface area contributed by atoms with E-state index in [0.717, 1.165) is 5.56 Å². The van der Waals surface area contributed by atoms with Crippen molar-refractivity contribution in [3.63, 3.8) is 0 Å². The first-order valence-corrected chi connectivity index (χ1v) is 6.69. The molecular formula is C15H24N2O3. The molecule has 0 bridgehead atoms. The third kappa shape index (κ3) is 5.82. The second kappa shape index (κ2) is 6.50. The minimum absolute atomic E-state index is 0.0476. The van der Waals surface area contributed by atoms with Crippen LogP contribution in [0.4, 0.5) is 10.5 Å². The topological polar surface area (TPSA) is 73.6 Å². The lowest BCUT2D eigenvalue weighted by molar-refractivity contribution is 0.0523. The number of benzene rings is 1. The number of amides is 1. The fraction of sp³-hybridized carbons (Fsp3) is 0.533. The van der Waals surface area contributed by atoms with Gasteiger partial charge in [-0.25, -0.2) is 4.79 Å². The lowest BCUT2D eigenvalue weighted by Gasteiger charge is -2.20. The van der Waals surface area contributed by atoms with Crippen molar-refractivity contribution < 1.29 is 14.3 Å². The highest BCUT2D eigenvalue weighted by atomic mass is 16.6. The van der Waals surface area contributed by atoms with Crippen LogP contribution in [-0.4, -0.2) is 17.8 Å². The normalized spacial score (nSPS) is 11.3. The number of nitrogens with two attached hydrogens (primary N) is 1. The highest BCUT2D eigenvalue weighted by Crippen LogP contribution is 2.23. The molecule has 0 unspecified atom stereocenters. The van der Waals surface area contributed by atoms with E-state index in [1.807, 2.05) is 46.8 Å². The van der Waals surface area contributed by atoms with Gasteiger partial charge in [0.1, 0.15) is 11.4 Å². The van der Waals surface area contributed by atoms with Crippen LogP contribution >= 0.6 is 0 Å². The molecule has 112 valence electrons. The number of anilines is 1. The predicted octanol–water partition coefficient (Wildman–Crippen LogP) is 3.08. The maximum absolute atomic E-state index is 11.6. The average molecular weight is 280 g/mol. The van der Waals surface area contributed by atoms with Crippen LogP contribution in [0.15, 0.2) is 18.2 Å². The largest absolute Gasteiger partial charge is 0.489 e. The summed E-state index contributed by atoms with van der Waals surface area (Å²) in [5, 5.41) is 2.70. The number of hydrogen-bond donors (Lipinski definition) is 2. The van der Waals surface area contributed by atoms with Gasteiger partial charge in [0.15, 0.2) is 0 Å². The van der Waals surface area contributed by atoms with Crippen molar-refractivity contribution in [2.45, 2.75) is 52.9 Å². The maximum atomic E-state index is 11.6. The van der Waals surface area contributed by atoms with Crippen molar-refractivity contribution in [2.75, 3.05) is 5.73 Å². The van der Waals surface area contributed by atoms with E-state index in [1.54, 1.807) is 6.07 Å². The molecule has 0 saturated heterocycles. The van der Waals surface area contributed by atoms with Crippen LogP contribution in [0.5, 0.6) is 5.75 Å². The zero-order valence-electron chi connectivity index (χ0n) is 12.8. The van der Waals surface area contributed by atoms with Gasteiger partial charge in [0.05, 0.1) is 11.8 Å². The highest BCUT2D eigenvalue weighted by molar-refractivity contribution is 5.67. The van der Waals surface area contributed by atoms with Gasteiger partial charge in [-0.05, 0) is 52.3 Å². The number of rotatable bonds is 4. The molecule has 3 N–H and O–H groups in total. The lowest BCUT2D eigenvalue weighted by Crippen LogP contribution is -2.32. The number of hydrogen-bond acceptors (Lipinski definition) is 4. The van der Waals surface area contributed by atoms with Gasteiger partial charge < -0.3 is 20.5 Å². The monoisotopic (exact) mass is 280 g/mol. The molecule has 5 nitrogen and oxygen atoms in total. The summed E-state index contributed by atoms with van der Waals surface area (Å²) < 4.78 is 10.8. The molecule has 0 atom stereocenters. The molecule has 0 saturated carbocycles. The van der Waals surface area contributed by atoms with E-state index >= 15 is 0 Å². The summed E-state index contributed by atoms with van der Waals surface area (Å²) in [4.78, 5) is 11.6. The SMILES string of the molecule is CC(C)Oc1cc(CNC(=O)OC(C)(C)C)ccc1N. The van der Waals surface area contributed by atoms with Crippen molar-refractivity contribution in [2.24, 2.45) is 0 Å². The summed E-state index contributed by atoms with van der Waals surface area (Å²) in [6, 6.07) is 5.44. The maximum Gasteiger partial charge on any atom is 0.407 e. The Bertz CT molecular complexity index is 465. The first-order chi connectivity index (χ1) is 9.17. The van der Waals surface area contributed by atoms with E-state index in [9.17, 15) is 4.79 Å². The number of ether oxygens (including phenoxy) is 2. The van der Waals surface area contributed by atoms with E-state index in [1.165, 1.54) is 0 Å². The third-order valence-corrected chi connectivity index (χ3v) is 2.28. The Balaban J connectivity index is 2.62. The van der Waals surface area contributed by atoms with Crippen molar-refractivity contribution in [1.82, 2.24) is 5.32 Å². The third-order valence-electron chi connectivity index (χ3n) is 2.28. The Labute approximate surface area is 120 Å². The zero-order chi connectivity index (χ0) is 15.3. The highest BCUT2D eigenvalue weighted by Gasteiger charge is 2.15. The van der Waals surface area contributed by atoms with E-state index in [-0.39, 0.29) is 6.10 Å². The number of carbonyl (C=O) groups is 1. The summed E-state index contributed by atoms with van der Waals surface area (Å²) in [6.07, 6.45) is -0.396. The molecule has 1 aromatic rings. The fourth-order valence-electron chi connectivity index (χ4n) is 1.53. The van der Waals surface area contributed by atoms with Crippen molar-refractivity contribution in [3.05, 3.63) is 23.8 Å². The Morgan fingerprint density at radius 2 is 2.00 bits per heavy atom. The van der Waals surface area contributed by atoms with E-state index in [0.29, 0.717) is 18.0 Å². The van der Waals surface area contributed by atoms with Crippen LogP contribution in [0.25, 0.3) is 0 Å². The number of carbonyl (C=O) groups excluding carboxylic acids is 1. The number of alkyl carbamates (subject to hydrolysis) is 1. The van der Waals surface area contributed by atoms with Gasteiger partial charge in [0.2, 0.25) is 0 Å². The summed E-state index contributed by atoms with van der Waals surface area (Å²) in [7, 11) is 0. The summed E-state index contributed by atoms with van der Waals surface area (Å²) in [5.74, 6) is 0.628. The predicted molar refractivity (Wildman–Crippen MR) is 79.7 cm³/mol. The van der Waals surface area contributed by atoms with Gasteiger partial charge in [0, 0.05) is 6.54 Å². The molecule has 0 aliphatic carbocycles. The molecule has 0 aliphatic heterocycles. The standard InChI is InChI=1S/C15H24N2O3/c1-10(2)19-13-8-11(6-7-12(13)16)9-17-14(18)20-15(3,4)5/h6-8,10H,9,16H2,1-5H3,(H,17,18). The minimum Gasteiger partial charge on any atom is -0.489 e. The smallest absolute Gasteiger partial charge is 0.407 e. The Morgan fingerprint density at radius 1 is 1.35 bits per heavy atom. The Morgan fingerprint density at radius 3 is 2.55 bits per heavy atom. The molecule has 0 heterocycles. The first-order valence-electron chi connectivity index (χ1n) is 6.69. The molecule has 0 radical (unpaired) electrons. The molecule has 20 heavy (non-hydrogen) atoms. The van der Waals surface area contributed by atoms with Crippen molar-refractivity contribution in [1.29, 1.82) is 0 Å². The summed E-state index contributed by atoms with van der Waals surface area (Å²) in [6.45, 7) is 9.71. The molecule has 1 amide bonds. The van der Waals surface area contributed by atoms with Gasteiger partial charge in [-0.15, -0.1) is 0 Å². The minimum atomic E-state index is -0.503. The van der Waals surface area contributed by atoms with Gasteiger partial charge in [0.25, 0.3) is 0 Å². The van der Waals surface area contributed by atoms with E-state index < -0.39 is 11.7 Å². The van der Waals surface area contributed by atoms with Crippen LogP contribution in [0, 0.1) is 0 Å². The van der Waals surface area contributed by atoms with E-state index in [2.05, 4.69) is 5.32 Å². The second-order valence-electron chi connectivity index (χ2n) is 5.89. The first kappa shape index (κ1) is 16.1. The average Bonchev–Trinajstić information content (AvgIpc) is 2.27. The van der Waals surface area contributed by atoms with Gasteiger partial charge in [-0.1, -0.05) is 6.07 Å². The molecule has 0 aromatic heterocycles. The van der Waals surface area contributed by atoms with Crippen molar-refractivity contribution in [3.8, 4) is 5.75 Å². The summed E-state index contributed by atoms with van der Waals surface area (Å²) >= 11 is 0. The molecule has 1 aromatic carbocycles. The number of nitrogens with one attached hydrogen (secondary N) is 1. The molecule has 0 fully saturated rings. The van der Waals surface area contributed by atoms with E-state index in [4.69, 9.17) is 15.2 Å². The second-order valence-corrected chi connectivity index (χ2v) is 5.89. The molecule has 1 rings (SSSR count). The van der Waals surface area contributed by atoms with Crippen molar-refractivity contribution >= 4 is 11.8 Å². The summed E-state index contributed by atoms with van der Waals surface area (Å²) in [5.41, 5.74) is 6.82. The van der Waals surface area contributed by atoms with Crippen LogP contribution < -0.4 is 15.8 Å². The van der Waals surface area contributed by atoms with Crippen LogP contribution in [0.1, 0.15) is 40.2 Å². The Hall–Kier alpha value is -1.91. The van der Waals surface area contributed by atoms with Gasteiger partial charge in [-0.2, -0.15) is 0 Å². The van der Waals surface area contributed by atoms with Gasteiger partial charge in [-0.3, -0.25) is 0 Å². The fourth-order valence-corrected chi connectivity index (χ4v) is 1.53. The Kier molecular flexibility index (Phi) is 5.25. The quantitative estimate of drug-likeness (QED) is 0.831. The van der Waals surface area contributed by atoms with Gasteiger partial charge >= 0.3 is 6.09 Å². The lowest BCUT2D eigenvalue weighted by atomic mass is 10.2. The molecule has 0 aliphatic rings. The molecule has 0 spiro atoms. The number of nitrogen functional groups attached to an aromatic ring is 1.